The molecule has 0 saturated heterocycles. The Balaban J connectivity index is 3.79. The Hall–Kier alpha value is -0.493. The van der Waals surface area contributed by atoms with Crippen molar-refractivity contribution in [3.05, 3.63) is 0 Å². The SMILES string of the molecule is CC(=O)SC[Si](C)(C)CCCNC(=O)OC(C)(C)C. The third-order valence-corrected chi connectivity index (χ3v) is 8.18. The Morgan fingerprint density at radius 3 is 2.32 bits per heavy atom. The summed E-state index contributed by atoms with van der Waals surface area (Å²) in [4.78, 5) is 22.4. The van der Waals surface area contributed by atoms with Gasteiger partial charge in [0.15, 0.2) is 5.12 Å². The lowest BCUT2D eigenvalue weighted by Gasteiger charge is -2.22. The molecule has 0 spiro atoms. The number of thioether (sulfide) groups is 1. The van der Waals surface area contributed by atoms with Crippen molar-refractivity contribution in [2.24, 2.45) is 0 Å². The molecule has 0 aromatic heterocycles. The Morgan fingerprint density at radius 2 is 1.84 bits per heavy atom. The summed E-state index contributed by atoms with van der Waals surface area (Å²) in [5.41, 5.74) is -0.448. The summed E-state index contributed by atoms with van der Waals surface area (Å²) >= 11 is 1.42. The van der Waals surface area contributed by atoms with E-state index in [0.29, 0.717) is 6.54 Å². The minimum atomic E-state index is -1.33. The average molecular weight is 306 g/mol. The van der Waals surface area contributed by atoms with Crippen LogP contribution >= 0.6 is 11.8 Å². The van der Waals surface area contributed by atoms with E-state index in [4.69, 9.17) is 4.74 Å². The van der Waals surface area contributed by atoms with E-state index < -0.39 is 13.7 Å². The Labute approximate surface area is 122 Å². The topological polar surface area (TPSA) is 55.4 Å². The molecule has 1 amide bonds. The number of rotatable bonds is 6. The lowest BCUT2D eigenvalue weighted by atomic mass is 10.2. The molecule has 0 aromatic rings. The van der Waals surface area contributed by atoms with Crippen molar-refractivity contribution in [3.63, 3.8) is 0 Å². The van der Waals surface area contributed by atoms with E-state index in [2.05, 4.69) is 18.4 Å². The highest BCUT2D eigenvalue weighted by Crippen LogP contribution is 2.18. The van der Waals surface area contributed by atoms with Crippen LogP contribution in [-0.2, 0) is 9.53 Å². The quantitative estimate of drug-likeness (QED) is 0.603. The summed E-state index contributed by atoms with van der Waals surface area (Å²) in [6, 6.07) is 1.10. The third kappa shape index (κ3) is 12.3. The largest absolute Gasteiger partial charge is 0.444 e. The van der Waals surface area contributed by atoms with Crippen molar-refractivity contribution in [2.45, 2.75) is 58.9 Å². The van der Waals surface area contributed by atoms with Gasteiger partial charge in [-0.3, -0.25) is 4.79 Å². The molecule has 0 aliphatic rings. The number of ether oxygens (including phenoxy) is 1. The van der Waals surface area contributed by atoms with Crippen molar-refractivity contribution >= 4 is 31.0 Å². The zero-order valence-electron chi connectivity index (χ0n) is 13.0. The van der Waals surface area contributed by atoms with E-state index in [-0.39, 0.29) is 11.2 Å². The number of hydrogen-bond donors (Lipinski definition) is 1. The number of amides is 1. The van der Waals surface area contributed by atoms with Gasteiger partial charge in [-0.05, 0) is 32.6 Å². The number of hydrogen-bond acceptors (Lipinski definition) is 4. The Kier molecular flexibility index (Phi) is 7.74. The summed E-state index contributed by atoms with van der Waals surface area (Å²) in [7, 11) is -1.33. The van der Waals surface area contributed by atoms with Crippen LogP contribution in [0.4, 0.5) is 4.79 Å². The maximum Gasteiger partial charge on any atom is 0.407 e. The first-order valence-electron chi connectivity index (χ1n) is 6.62. The maximum atomic E-state index is 11.4. The average Bonchev–Trinajstić information content (AvgIpc) is 2.19. The van der Waals surface area contributed by atoms with Gasteiger partial charge in [-0.15, -0.1) is 0 Å². The summed E-state index contributed by atoms with van der Waals surface area (Å²) in [6.45, 7) is 12.3. The molecule has 0 aliphatic heterocycles. The van der Waals surface area contributed by atoms with Crippen LogP contribution in [-0.4, -0.2) is 36.8 Å². The highest BCUT2D eigenvalue weighted by Gasteiger charge is 2.21. The Morgan fingerprint density at radius 1 is 1.26 bits per heavy atom. The minimum absolute atomic E-state index is 0.187. The summed E-state index contributed by atoms with van der Waals surface area (Å²) in [5, 5.41) is 3.90. The van der Waals surface area contributed by atoms with E-state index in [1.54, 1.807) is 6.92 Å². The van der Waals surface area contributed by atoms with Crippen LogP contribution < -0.4 is 5.32 Å². The van der Waals surface area contributed by atoms with Gasteiger partial charge in [0.25, 0.3) is 0 Å². The van der Waals surface area contributed by atoms with Gasteiger partial charge >= 0.3 is 6.09 Å². The third-order valence-electron chi connectivity index (χ3n) is 2.36. The van der Waals surface area contributed by atoms with E-state index in [9.17, 15) is 9.59 Å². The molecule has 0 saturated carbocycles. The second kappa shape index (κ2) is 7.94. The van der Waals surface area contributed by atoms with E-state index >= 15 is 0 Å². The fourth-order valence-electron chi connectivity index (χ4n) is 1.44. The van der Waals surface area contributed by atoms with Gasteiger partial charge < -0.3 is 10.1 Å². The Bertz CT molecular complexity index is 314. The number of carbonyl (C=O) groups is 2. The van der Waals surface area contributed by atoms with Gasteiger partial charge in [0, 0.05) is 13.5 Å². The molecule has 0 rings (SSSR count). The molecule has 4 nitrogen and oxygen atoms in total. The number of nitrogens with one attached hydrogen (secondary N) is 1. The molecule has 0 heterocycles. The zero-order valence-corrected chi connectivity index (χ0v) is 14.8. The van der Waals surface area contributed by atoms with Crippen LogP contribution in [0, 0.1) is 0 Å². The van der Waals surface area contributed by atoms with Crippen LogP contribution in [0.2, 0.25) is 19.1 Å². The van der Waals surface area contributed by atoms with Gasteiger partial charge in [-0.25, -0.2) is 4.79 Å². The monoisotopic (exact) mass is 305 g/mol. The summed E-state index contributed by atoms with van der Waals surface area (Å²) < 4.78 is 5.16. The second-order valence-corrected chi connectivity index (χ2v) is 13.3. The fourth-order valence-corrected chi connectivity index (χ4v) is 5.53. The first kappa shape index (κ1) is 18.5. The predicted octanol–water partition coefficient (Wildman–Crippen LogP) is 3.43. The molecule has 0 unspecified atom stereocenters. The second-order valence-electron chi connectivity index (χ2n) is 6.48. The summed E-state index contributed by atoms with van der Waals surface area (Å²) in [6.07, 6.45) is 0.585. The molecule has 0 radical (unpaired) electrons. The predicted molar refractivity (Wildman–Crippen MR) is 84.3 cm³/mol. The van der Waals surface area contributed by atoms with Gasteiger partial charge in [0.05, 0.1) is 8.07 Å². The molecule has 112 valence electrons. The molecular formula is C13H27NO3SSi. The zero-order chi connectivity index (χ0) is 15.1. The van der Waals surface area contributed by atoms with Crippen LogP contribution in [0.15, 0.2) is 0 Å². The van der Waals surface area contributed by atoms with Crippen molar-refractivity contribution in [2.75, 3.05) is 11.9 Å². The molecule has 0 bridgehead atoms. The molecule has 1 N–H and O–H groups in total. The van der Waals surface area contributed by atoms with Crippen molar-refractivity contribution < 1.29 is 14.3 Å². The minimum Gasteiger partial charge on any atom is -0.444 e. The highest BCUT2D eigenvalue weighted by molar-refractivity contribution is 8.14. The molecular weight excluding hydrogens is 278 g/mol. The van der Waals surface area contributed by atoms with Crippen molar-refractivity contribution in [3.8, 4) is 0 Å². The molecule has 19 heavy (non-hydrogen) atoms. The molecule has 6 heteroatoms. The standard InChI is InChI=1S/C13H27NO3SSi/c1-11(15)18-10-19(5,6)9-7-8-14-12(16)17-13(2,3)4/h7-10H2,1-6H3,(H,14,16). The van der Waals surface area contributed by atoms with Crippen LogP contribution in [0.3, 0.4) is 0 Å². The van der Waals surface area contributed by atoms with Crippen molar-refractivity contribution in [1.29, 1.82) is 0 Å². The normalized spacial score (nSPS) is 12.1. The van der Waals surface area contributed by atoms with E-state index in [1.807, 2.05) is 20.8 Å². The van der Waals surface area contributed by atoms with Crippen LogP contribution in [0.5, 0.6) is 0 Å². The van der Waals surface area contributed by atoms with Gasteiger partial charge in [-0.2, -0.15) is 0 Å². The number of carbonyl (C=O) groups excluding carboxylic acids is 2. The molecule has 0 aromatic carbocycles. The first-order chi connectivity index (χ1) is 8.52. The van der Waals surface area contributed by atoms with Gasteiger partial charge in [0.1, 0.15) is 5.60 Å². The van der Waals surface area contributed by atoms with Crippen molar-refractivity contribution in [1.82, 2.24) is 5.32 Å². The molecule has 0 fully saturated rings. The highest BCUT2D eigenvalue weighted by atomic mass is 32.2. The van der Waals surface area contributed by atoms with Gasteiger partial charge in [-0.1, -0.05) is 30.9 Å². The smallest absolute Gasteiger partial charge is 0.407 e. The lowest BCUT2D eigenvalue weighted by molar-refractivity contribution is -0.109. The number of alkyl carbamates (subject to hydrolysis) is 1. The molecule has 0 atom stereocenters. The fraction of sp³-hybridized carbons (Fsp3) is 0.846. The maximum absolute atomic E-state index is 11.4. The van der Waals surface area contributed by atoms with Crippen LogP contribution in [0.25, 0.3) is 0 Å². The lowest BCUT2D eigenvalue weighted by Crippen LogP contribution is -2.35. The first-order valence-corrected chi connectivity index (χ1v) is 11.0. The van der Waals surface area contributed by atoms with E-state index in [1.165, 1.54) is 11.8 Å². The summed E-state index contributed by atoms with van der Waals surface area (Å²) in [5.74, 6) is 0. The van der Waals surface area contributed by atoms with E-state index in [0.717, 1.165) is 17.8 Å². The van der Waals surface area contributed by atoms with Gasteiger partial charge in [0.2, 0.25) is 0 Å². The van der Waals surface area contributed by atoms with Crippen LogP contribution in [0.1, 0.15) is 34.1 Å². The molecule has 0 aliphatic carbocycles.